The first-order chi connectivity index (χ1) is 15.7. The van der Waals surface area contributed by atoms with Gasteiger partial charge in [0.1, 0.15) is 18.0 Å². The van der Waals surface area contributed by atoms with Crippen molar-refractivity contribution in [2.75, 3.05) is 11.9 Å². The molecule has 0 amide bonds. The summed E-state index contributed by atoms with van der Waals surface area (Å²) < 4.78 is 16.8. The minimum atomic E-state index is -0.335. The van der Waals surface area contributed by atoms with E-state index in [2.05, 4.69) is 60.2 Å². The van der Waals surface area contributed by atoms with Gasteiger partial charge in [-0.25, -0.2) is 4.39 Å². The third kappa shape index (κ3) is 3.80. The number of fused-ring (bicyclic) bond motifs is 3. The number of anilines is 2. The molecule has 5 aromatic rings. The minimum Gasteiger partial charge on any atom is -0.326 e. The highest BCUT2D eigenvalue weighted by Crippen LogP contribution is 2.35. The molecule has 0 N–H and O–H groups in total. The predicted octanol–water partition coefficient (Wildman–Crippen LogP) is 6.80. The second-order valence-electron chi connectivity index (χ2n) is 9.15. The van der Waals surface area contributed by atoms with Crippen LogP contribution in [0.25, 0.3) is 27.8 Å². The van der Waals surface area contributed by atoms with Crippen molar-refractivity contribution in [1.82, 2.24) is 19.6 Å². The maximum absolute atomic E-state index is 15.0. The van der Waals surface area contributed by atoms with Gasteiger partial charge in [-0.15, -0.1) is 10.2 Å². The molecule has 2 heterocycles. The molecule has 0 atom stereocenters. The Balaban J connectivity index is 1.62. The van der Waals surface area contributed by atoms with Gasteiger partial charge in [-0.1, -0.05) is 62.7 Å². The molecule has 0 aliphatic rings. The third-order valence-electron chi connectivity index (χ3n) is 5.91. The molecule has 5 nitrogen and oxygen atoms in total. The Hall–Kier alpha value is -3.51. The number of rotatable bonds is 3. The number of hydrogen-bond donors (Lipinski definition) is 0. The smallest absolute Gasteiger partial charge is 0.257 e. The minimum absolute atomic E-state index is 0.0721. The fourth-order valence-electron chi connectivity index (χ4n) is 4.00. The Morgan fingerprint density at radius 3 is 2.39 bits per heavy atom. The van der Waals surface area contributed by atoms with Gasteiger partial charge in [0.2, 0.25) is 0 Å². The molecule has 0 radical (unpaired) electrons. The van der Waals surface area contributed by atoms with Crippen LogP contribution in [0.1, 0.15) is 26.3 Å². The summed E-state index contributed by atoms with van der Waals surface area (Å²) in [5.74, 6) is 0.653. The first-order valence-electron chi connectivity index (χ1n) is 10.7. The molecular formula is C26H23ClFN5. The van der Waals surface area contributed by atoms with Gasteiger partial charge in [0, 0.05) is 17.5 Å². The van der Waals surface area contributed by atoms with Crippen LogP contribution < -0.4 is 4.90 Å². The van der Waals surface area contributed by atoms with E-state index in [1.807, 2.05) is 18.2 Å². The van der Waals surface area contributed by atoms with E-state index in [1.54, 1.807) is 34.8 Å². The standard InChI is InChI=1S/C26H23ClFN5/c1-26(2,3)18-8-5-16(6-9-18)17-7-12-21(28)23(13-17)32(4)24-20-11-10-19(27)14-22(20)33-15-29-31-25(33)30-24/h5-15H,1-4H3. The van der Waals surface area contributed by atoms with Gasteiger partial charge in [-0.2, -0.15) is 4.98 Å². The quantitative estimate of drug-likeness (QED) is 0.297. The monoisotopic (exact) mass is 459 g/mol. The molecule has 33 heavy (non-hydrogen) atoms. The first kappa shape index (κ1) is 21.3. The van der Waals surface area contributed by atoms with Crippen molar-refractivity contribution in [3.8, 4) is 11.1 Å². The lowest BCUT2D eigenvalue weighted by molar-refractivity contribution is 0.590. The van der Waals surface area contributed by atoms with E-state index in [9.17, 15) is 0 Å². The van der Waals surface area contributed by atoms with Crippen LogP contribution in [-0.4, -0.2) is 26.6 Å². The van der Waals surface area contributed by atoms with Gasteiger partial charge in [0.25, 0.3) is 5.78 Å². The summed E-state index contributed by atoms with van der Waals surface area (Å²) in [5, 5.41) is 9.45. The lowest BCUT2D eigenvalue weighted by atomic mass is 9.86. The van der Waals surface area contributed by atoms with Crippen LogP contribution in [0.15, 0.2) is 67.0 Å². The summed E-state index contributed by atoms with van der Waals surface area (Å²) in [4.78, 5) is 6.40. The van der Waals surface area contributed by atoms with Crippen molar-refractivity contribution < 1.29 is 4.39 Å². The zero-order chi connectivity index (χ0) is 23.3. The number of halogens is 2. The molecule has 0 saturated carbocycles. The van der Waals surface area contributed by atoms with E-state index in [0.29, 0.717) is 22.3 Å². The molecule has 0 aliphatic carbocycles. The molecule has 166 valence electrons. The lowest BCUT2D eigenvalue weighted by Crippen LogP contribution is -2.14. The zero-order valence-electron chi connectivity index (χ0n) is 18.8. The SMILES string of the molecule is CN(c1cc(-c2ccc(C(C)(C)C)cc2)ccc1F)c1nc2nncn2c2cc(Cl)ccc12. The second kappa shape index (κ2) is 7.81. The van der Waals surface area contributed by atoms with Crippen LogP contribution in [0.4, 0.5) is 15.9 Å². The second-order valence-corrected chi connectivity index (χ2v) is 9.59. The largest absolute Gasteiger partial charge is 0.326 e. The molecule has 0 bridgehead atoms. The van der Waals surface area contributed by atoms with Crippen LogP contribution in [0.5, 0.6) is 0 Å². The van der Waals surface area contributed by atoms with Crippen molar-refractivity contribution in [3.63, 3.8) is 0 Å². The summed E-state index contributed by atoms with van der Waals surface area (Å²) in [7, 11) is 1.80. The summed E-state index contributed by atoms with van der Waals surface area (Å²) in [6.07, 6.45) is 1.59. The highest BCUT2D eigenvalue weighted by Gasteiger charge is 2.18. The number of benzene rings is 3. The maximum Gasteiger partial charge on any atom is 0.257 e. The molecule has 3 aromatic carbocycles. The Labute approximate surface area is 196 Å². The van der Waals surface area contributed by atoms with Crippen molar-refractivity contribution in [3.05, 3.63) is 83.4 Å². The summed E-state index contributed by atoms with van der Waals surface area (Å²) >= 11 is 6.24. The summed E-state index contributed by atoms with van der Waals surface area (Å²) in [6, 6.07) is 19.0. The molecule has 5 rings (SSSR count). The van der Waals surface area contributed by atoms with E-state index < -0.39 is 0 Å². The molecule has 0 aliphatic heterocycles. The average molecular weight is 460 g/mol. The molecule has 0 spiro atoms. The van der Waals surface area contributed by atoms with E-state index in [4.69, 9.17) is 11.6 Å². The fraction of sp³-hybridized carbons (Fsp3) is 0.192. The van der Waals surface area contributed by atoms with E-state index in [0.717, 1.165) is 22.0 Å². The molecular weight excluding hydrogens is 437 g/mol. The highest BCUT2D eigenvalue weighted by atomic mass is 35.5. The summed E-state index contributed by atoms with van der Waals surface area (Å²) in [6.45, 7) is 6.55. The molecule has 0 fully saturated rings. The van der Waals surface area contributed by atoms with Gasteiger partial charge in [0.05, 0.1) is 11.2 Å². The van der Waals surface area contributed by atoms with Crippen LogP contribution in [0.3, 0.4) is 0 Å². The molecule has 7 heteroatoms. The number of nitrogens with zero attached hydrogens (tertiary/aromatic N) is 5. The lowest BCUT2D eigenvalue weighted by Gasteiger charge is -2.22. The van der Waals surface area contributed by atoms with Crippen LogP contribution >= 0.6 is 11.6 Å². The van der Waals surface area contributed by atoms with E-state index in [1.165, 1.54) is 11.6 Å². The van der Waals surface area contributed by atoms with Gasteiger partial charge in [-0.3, -0.25) is 4.40 Å². The van der Waals surface area contributed by atoms with Gasteiger partial charge in [0.15, 0.2) is 0 Å². The van der Waals surface area contributed by atoms with Crippen LogP contribution in [0, 0.1) is 5.82 Å². The molecule has 0 unspecified atom stereocenters. The predicted molar refractivity (Wildman–Crippen MR) is 132 cm³/mol. The Morgan fingerprint density at radius 2 is 1.67 bits per heavy atom. The van der Waals surface area contributed by atoms with E-state index in [-0.39, 0.29) is 11.2 Å². The van der Waals surface area contributed by atoms with Crippen LogP contribution in [-0.2, 0) is 5.41 Å². The van der Waals surface area contributed by atoms with Gasteiger partial charge < -0.3 is 4.90 Å². The third-order valence-corrected chi connectivity index (χ3v) is 6.14. The Morgan fingerprint density at radius 1 is 0.939 bits per heavy atom. The first-order valence-corrected chi connectivity index (χ1v) is 11.0. The van der Waals surface area contributed by atoms with Gasteiger partial charge in [-0.05, 0) is 52.4 Å². The van der Waals surface area contributed by atoms with E-state index >= 15 is 4.39 Å². The van der Waals surface area contributed by atoms with Crippen LogP contribution in [0.2, 0.25) is 5.02 Å². The van der Waals surface area contributed by atoms with Crippen molar-refractivity contribution in [2.45, 2.75) is 26.2 Å². The van der Waals surface area contributed by atoms with Crippen molar-refractivity contribution in [1.29, 1.82) is 0 Å². The normalized spacial score (nSPS) is 11.9. The average Bonchev–Trinajstić information content (AvgIpc) is 3.27. The molecule has 0 saturated heterocycles. The maximum atomic E-state index is 15.0. The Kier molecular flexibility index (Phi) is 5.05. The number of aromatic nitrogens is 4. The van der Waals surface area contributed by atoms with Gasteiger partial charge >= 0.3 is 0 Å². The molecule has 2 aromatic heterocycles. The summed E-state index contributed by atoms with van der Waals surface area (Å²) in [5.41, 5.74) is 4.49. The van der Waals surface area contributed by atoms with Crippen molar-refractivity contribution >= 4 is 39.8 Å². The number of hydrogen-bond acceptors (Lipinski definition) is 4. The fourth-order valence-corrected chi connectivity index (χ4v) is 4.17. The van der Waals surface area contributed by atoms with Crippen molar-refractivity contribution in [2.24, 2.45) is 0 Å². The highest BCUT2D eigenvalue weighted by molar-refractivity contribution is 6.31. The Bertz CT molecular complexity index is 1490. The topological polar surface area (TPSA) is 46.3 Å². The zero-order valence-corrected chi connectivity index (χ0v) is 19.6.